The molecule has 0 aromatic carbocycles. The Kier molecular flexibility index (Phi) is 18.9. The quantitative estimate of drug-likeness (QED) is 0.432. The third-order valence-electron chi connectivity index (χ3n) is 0.365. The van der Waals surface area contributed by atoms with Crippen molar-refractivity contribution in [3.05, 3.63) is 12.2 Å². The van der Waals surface area contributed by atoms with Gasteiger partial charge in [-0.2, -0.15) is 0 Å². The van der Waals surface area contributed by atoms with Gasteiger partial charge in [-0.05, 0) is 6.92 Å². The summed E-state index contributed by atoms with van der Waals surface area (Å²) in [6.45, 7) is 8.60. The maximum Gasteiger partial charge on any atom is 0.330 e. The first-order valence-electron chi connectivity index (χ1n) is 3.18. The molecule has 12 heavy (non-hydrogen) atoms. The van der Waals surface area contributed by atoms with E-state index in [4.69, 9.17) is 19.5 Å². The van der Waals surface area contributed by atoms with Gasteiger partial charge in [0.1, 0.15) is 0 Å². The molecule has 0 aliphatic rings. The molecular formula is C6H15O5P. The van der Waals surface area contributed by atoms with Gasteiger partial charge in [-0.15, -0.1) is 0 Å². The number of carboxylic acid groups (broad SMARTS) is 1. The number of aliphatic carboxylic acids is 1. The first-order chi connectivity index (χ1) is 5.37. The van der Waals surface area contributed by atoms with Gasteiger partial charge < -0.3 is 14.9 Å². The van der Waals surface area contributed by atoms with E-state index in [-0.39, 0.29) is 5.57 Å². The summed E-state index contributed by atoms with van der Waals surface area (Å²) in [6, 6.07) is 0. The van der Waals surface area contributed by atoms with Crippen LogP contribution in [0.5, 0.6) is 0 Å². The predicted octanol–water partition coefficient (Wildman–Crippen LogP) is 1.03. The molecule has 0 amide bonds. The molecule has 5 nitrogen and oxygen atoms in total. The van der Waals surface area contributed by atoms with Gasteiger partial charge in [0.2, 0.25) is 0 Å². The van der Waals surface area contributed by atoms with Crippen molar-refractivity contribution >= 4 is 14.2 Å². The Bertz CT molecular complexity index is 138. The van der Waals surface area contributed by atoms with E-state index >= 15 is 0 Å². The second kappa shape index (κ2) is 13.0. The van der Waals surface area contributed by atoms with Crippen LogP contribution in [0.3, 0.4) is 0 Å². The van der Waals surface area contributed by atoms with Gasteiger partial charge in [0.25, 0.3) is 0 Å². The second-order valence-electron chi connectivity index (χ2n) is 1.37. The Morgan fingerprint density at radius 3 is 1.42 bits per heavy atom. The molecule has 3 N–H and O–H groups in total. The van der Waals surface area contributed by atoms with Crippen molar-refractivity contribution in [1.29, 1.82) is 0 Å². The van der Waals surface area contributed by atoms with Crippen LogP contribution in [-0.4, -0.2) is 20.9 Å². The Balaban J connectivity index is -0.000000118. The van der Waals surface area contributed by atoms with E-state index in [9.17, 15) is 4.79 Å². The highest BCUT2D eigenvalue weighted by atomic mass is 31.1. The highest BCUT2D eigenvalue weighted by Gasteiger charge is 1.90. The maximum atomic E-state index is 9.60. The third-order valence-corrected chi connectivity index (χ3v) is 0.365. The molecule has 0 saturated heterocycles. The lowest BCUT2D eigenvalue weighted by molar-refractivity contribution is -0.132. The molecule has 0 atom stereocenters. The monoisotopic (exact) mass is 198 g/mol. The summed E-state index contributed by atoms with van der Waals surface area (Å²) in [5.41, 5.74) is 0.176. The highest BCUT2D eigenvalue weighted by Crippen LogP contribution is 1.98. The van der Waals surface area contributed by atoms with Crippen molar-refractivity contribution < 1.29 is 24.3 Å². The standard InChI is InChI=1S/C4H6O2.C2H6.H3O3P/c1-3(2)4(5)6;1-2;1-4(2)3/h1H2,2H3,(H,5,6);1-2H3;4H,(H2,1,2,3). The lowest BCUT2D eigenvalue weighted by atomic mass is 10.4. The number of rotatable bonds is 1. The summed E-state index contributed by atoms with van der Waals surface area (Å²) >= 11 is 0. The minimum atomic E-state index is -3.13. The minimum absolute atomic E-state index is 0.176. The Morgan fingerprint density at radius 1 is 1.33 bits per heavy atom. The molecule has 0 aromatic heterocycles. The summed E-state index contributed by atoms with van der Waals surface area (Å²) in [5.74, 6) is -0.935. The molecule has 0 radical (unpaired) electrons. The molecule has 0 aliphatic heterocycles. The van der Waals surface area contributed by atoms with Gasteiger partial charge in [-0.25, -0.2) is 4.79 Å². The minimum Gasteiger partial charge on any atom is -0.478 e. The van der Waals surface area contributed by atoms with Crippen LogP contribution < -0.4 is 0 Å². The Morgan fingerprint density at radius 2 is 1.42 bits per heavy atom. The number of carbonyl (C=O) groups is 1. The van der Waals surface area contributed by atoms with Crippen molar-refractivity contribution in [3.63, 3.8) is 0 Å². The zero-order chi connectivity index (χ0) is 10.7. The topological polar surface area (TPSA) is 94.8 Å². The van der Waals surface area contributed by atoms with Crippen LogP contribution in [0, 0.1) is 0 Å². The van der Waals surface area contributed by atoms with Crippen molar-refractivity contribution in [2.24, 2.45) is 0 Å². The Hall–Kier alpha value is -0.640. The van der Waals surface area contributed by atoms with Crippen LogP contribution in [-0.2, 0) is 9.36 Å². The van der Waals surface area contributed by atoms with Gasteiger partial charge in [0, 0.05) is 5.57 Å². The molecule has 0 bridgehead atoms. The number of carboxylic acids is 1. The van der Waals surface area contributed by atoms with Crippen LogP contribution in [0.1, 0.15) is 20.8 Å². The van der Waals surface area contributed by atoms with E-state index in [2.05, 4.69) is 6.58 Å². The van der Waals surface area contributed by atoms with Crippen molar-refractivity contribution in [3.8, 4) is 0 Å². The molecule has 0 aliphatic carbocycles. The smallest absolute Gasteiger partial charge is 0.330 e. The van der Waals surface area contributed by atoms with Gasteiger partial charge in [0.05, 0.1) is 0 Å². The molecule has 0 aromatic rings. The van der Waals surface area contributed by atoms with Crippen LogP contribution in [0.4, 0.5) is 0 Å². The predicted molar refractivity (Wildman–Crippen MR) is 47.2 cm³/mol. The number of hydrogen-bond donors (Lipinski definition) is 3. The highest BCUT2D eigenvalue weighted by molar-refractivity contribution is 7.30. The fourth-order valence-electron chi connectivity index (χ4n) is 0. The SMILES string of the molecule is C=C(C)C(=O)O.CC.O=[PH](O)O. The van der Waals surface area contributed by atoms with Crippen LogP contribution in [0.15, 0.2) is 12.2 Å². The van der Waals surface area contributed by atoms with Gasteiger partial charge in [0.15, 0.2) is 0 Å². The molecule has 74 valence electrons. The van der Waals surface area contributed by atoms with Crippen LogP contribution >= 0.6 is 8.25 Å². The van der Waals surface area contributed by atoms with E-state index in [0.717, 1.165) is 0 Å². The van der Waals surface area contributed by atoms with E-state index in [1.165, 1.54) is 6.92 Å². The number of hydrogen-bond acceptors (Lipinski definition) is 2. The molecule has 0 unspecified atom stereocenters. The zero-order valence-corrected chi connectivity index (χ0v) is 8.37. The first kappa shape index (κ1) is 17.4. The van der Waals surface area contributed by atoms with Gasteiger partial charge in [-0.1, -0.05) is 20.4 Å². The molecule has 0 fully saturated rings. The summed E-state index contributed by atoms with van der Waals surface area (Å²) in [4.78, 5) is 23.9. The molecule has 0 rings (SSSR count). The fraction of sp³-hybridized carbons (Fsp3) is 0.500. The molecule has 0 heterocycles. The van der Waals surface area contributed by atoms with Gasteiger partial charge >= 0.3 is 14.2 Å². The lowest BCUT2D eigenvalue weighted by Gasteiger charge is -1.79. The molecular weight excluding hydrogens is 183 g/mol. The third kappa shape index (κ3) is 57.9. The van der Waals surface area contributed by atoms with Crippen LogP contribution in [0.25, 0.3) is 0 Å². The second-order valence-corrected chi connectivity index (χ2v) is 1.93. The van der Waals surface area contributed by atoms with E-state index in [1.54, 1.807) is 0 Å². The summed E-state index contributed by atoms with van der Waals surface area (Å²) in [6.07, 6.45) is 0. The summed E-state index contributed by atoms with van der Waals surface area (Å²) in [7, 11) is -3.13. The average Bonchev–Trinajstić information content (AvgIpc) is 1.90. The normalized spacial score (nSPS) is 7.17. The van der Waals surface area contributed by atoms with Crippen molar-refractivity contribution in [2.45, 2.75) is 20.8 Å². The van der Waals surface area contributed by atoms with Crippen molar-refractivity contribution in [1.82, 2.24) is 0 Å². The Labute approximate surface area is 72.3 Å². The van der Waals surface area contributed by atoms with E-state index in [1.807, 2.05) is 13.8 Å². The zero-order valence-electron chi connectivity index (χ0n) is 7.37. The largest absolute Gasteiger partial charge is 0.478 e. The average molecular weight is 198 g/mol. The first-order valence-corrected chi connectivity index (χ1v) is 4.49. The molecule has 6 heteroatoms. The maximum absolute atomic E-state index is 9.60. The van der Waals surface area contributed by atoms with E-state index in [0.29, 0.717) is 0 Å². The molecule has 0 spiro atoms. The summed E-state index contributed by atoms with van der Waals surface area (Å²) < 4.78 is 8.74. The van der Waals surface area contributed by atoms with Crippen LogP contribution in [0.2, 0.25) is 0 Å². The van der Waals surface area contributed by atoms with E-state index < -0.39 is 14.2 Å². The van der Waals surface area contributed by atoms with Gasteiger partial charge in [-0.3, -0.25) is 4.57 Å². The molecule has 0 saturated carbocycles. The summed E-state index contributed by atoms with van der Waals surface area (Å²) in [5, 5.41) is 7.89. The fourth-order valence-corrected chi connectivity index (χ4v) is 0. The lowest BCUT2D eigenvalue weighted by Crippen LogP contribution is -1.92. The van der Waals surface area contributed by atoms with Crippen molar-refractivity contribution in [2.75, 3.05) is 0 Å².